The molecule has 4 rings (SSSR count). The first-order valence-corrected chi connectivity index (χ1v) is 13.7. The van der Waals surface area contributed by atoms with Gasteiger partial charge in [-0.1, -0.05) is 42.5 Å². The highest BCUT2D eigenvalue weighted by molar-refractivity contribution is 6.20. The lowest BCUT2D eigenvalue weighted by atomic mass is 9.83. The molecule has 1 saturated carbocycles. The third-order valence-corrected chi connectivity index (χ3v) is 7.08. The SMILES string of the molecule is NC(=O)C(CCCC(F)(F)F)C(CCC(F)(F)F)C(=O)NC1N=C(c2ccccc2)c2cccc(OC3CC3)c2NC1=O. The first-order chi connectivity index (χ1) is 20.2. The fraction of sp³-hybridized carbons (Fsp3) is 0.448. The van der Waals surface area contributed by atoms with Gasteiger partial charge in [0.2, 0.25) is 18.0 Å². The molecule has 14 heteroatoms. The number of anilines is 1. The van der Waals surface area contributed by atoms with Crippen molar-refractivity contribution in [1.29, 1.82) is 0 Å². The van der Waals surface area contributed by atoms with E-state index in [2.05, 4.69) is 15.6 Å². The predicted molar refractivity (Wildman–Crippen MR) is 144 cm³/mol. The van der Waals surface area contributed by atoms with Gasteiger partial charge in [-0.15, -0.1) is 0 Å². The second-order valence-electron chi connectivity index (χ2n) is 10.5. The number of nitrogens with one attached hydrogen (secondary N) is 2. The number of para-hydroxylation sites is 1. The van der Waals surface area contributed by atoms with E-state index in [0.717, 1.165) is 12.8 Å². The van der Waals surface area contributed by atoms with Gasteiger partial charge in [0.1, 0.15) is 5.75 Å². The summed E-state index contributed by atoms with van der Waals surface area (Å²) in [7, 11) is 0. The Kier molecular flexibility index (Phi) is 9.65. The first-order valence-electron chi connectivity index (χ1n) is 13.7. The zero-order valence-corrected chi connectivity index (χ0v) is 22.8. The van der Waals surface area contributed by atoms with Crippen LogP contribution >= 0.6 is 0 Å². The number of carbonyl (C=O) groups excluding carboxylic acids is 3. The summed E-state index contributed by atoms with van der Waals surface area (Å²) < 4.78 is 83.6. The second kappa shape index (κ2) is 13.0. The fourth-order valence-electron chi connectivity index (χ4n) is 4.83. The van der Waals surface area contributed by atoms with Crippen LogP contribution in [-0.4, -0.2) is 48.1 Å². The van der Waals surface area contributed by atoms with Gasteiger partial charge in [-0.3, -0.25) is 14.4 Å². The smallest absolute Gasteiger partial charge is 0.389 e. The van der Waals surface area contributed by atoms with Crippen LogP contribution in [0.1, 0.15) is 56.1 Å². The van der Waals surface area contributed by atoms with E-state index in [4.69, 9.17) is 10.5 Å². The maximum Gasteiger partial charge on any atom is 0.389 e. The Labute approximate surface area is 243 Å². The van der Waals surface area contributed by atoms with Gasteiger partial charge in [0.05, 0.1) is 17.5 Å². The average molecular weight is 613 g/mol. The Hall–Kier alpha value is -4.10. The molecule has 1 aliphatic heterocycles. The lowest BCUT2D eigenvalue weighted by Gasteiger charge is -2.26. The van der Waals surface area contributed by atoms with Crippen molar-refractivity contribution in [1.82, 2.24) is 5.32 Å². The van der Waals surface area contributed by atoms with Gasteiger partial charge in [0, 0.05) is 35.8 Å². The van der Waals surface area contributed by atoms with E-state index >= 15 is 0 Å². The number of benzene rings is 2. The van der Waals surface area contributed by atoms with Crippen molar-refractivity contribution in [3.05, 3.63) is 59.7 Å². The molecular formula is C29H30F6N4O4. The van der Waals surface area contributed by atoms with Crippen molar-refractivity contribution >= 4 is 29.1 Å². The molecule has 2 aromatic carbocycles. The van der Waals surface area contributed by atoms with Crippen LogP contribution in [0.4, 0.5) is 32.0 Å². The lowest BCUT2D eigenvalue weighted by molar-refractivity contribution is -0.147. The molecule has 2 aromatic rings. The Morgan fingerprint density at radius 1 is 0.953 bits per heavy atom. The molecule has 0 bridgehead atoms. The number of aliphatic imine (C=N–C) groups is 1. The number of ether oxygens (including phenoxy) is 1. The van der Waals surface area contributed by atoms with Crippen LogP contribution < -0.4 is 21.1 Å². The number of hydrogen-bond donors (Lipinski definition) is 3. The molecule has 3 unspecified atom stereocenters. The van der Waals surface area contributed by atoms with Crippen LogP contribution in [0.2, 0.25) is 0 Å². The van der Waals surface area contributed by atoms with Crippen LogP contribution in [0.25, 0.3) is 0 Å². The third kappa shape index (κ3) is 8.94. The number of alkyl halides is 6. The van der Waals surface area contributed by atoms with Crippen molar-refractivity contribution in [2.75, 3.05) is 5.32 Å². The van der Waals surface area contributed by atoms with Gasteiger partial charge < -0.3 is 21.1 Å². The van der Waals surface area contributed by atoms with E-state index in [-0.39, 0.29) is 17.5 Å². The van der Waals surface area contributed by atoms with Crippen LogP contribution in [0, 0.1) is 11.8 Å². The number of halogens is 6. The zero-order valence-electron chi connectivity index (χ0n) is 22.8. The fourth-order valence-corrected chi connectivity index (χ4v) is 4.83. The number of carbonyl (C=O) groups is 3. The molecule has 0 radical (unpaired) electrons. The molecule has 1 heterocycles. The largest absolute Gasteiger partial charge is 0.488 e. The second-order valence-corrected chi connectivity index (χ2v) is 10.5. The summed E-state index contributed by atoms with van der Waals surface area (Å²) in [4.78, 5) is 43.5. The molecule has 4 N–H and O–H groups in total. The van der Waals surface area contributed by atoms with Gasteiger partial charge in [-0.25, -0.2) is 4.99 Å². The third-order valence-electron chi connectivity index (χ3n) is 7.08. The molecular weight excluding hydrogens is 582 g/mol. The van der Waals surface area contributed by atoms with Gasteiger partial charge in [0.25, 0.3) is 5.91 Å². The molecule has 43 heavy (non-hydrogen) atoms. The highest BCUT2D eigenvalue weighted by atomic mass is 19.4. The van der Waals surface area contributed by atoms with Gasteiger partial charge in [-0.2, -0.15) is 26.3 Å². The normalized spacial score (nSPS) is 18.4. The Balaban J connectivity index is 1.66. The standard InChI is InChI=1S/C29H30F6N4O4/c30-28(31,32)14-5-9-18(24(36)40)19(13-15-29(33,34)35)26(41)39-25-27(42)38-23-20(8-4-10-21(23)43-17-11-12-17)22(37-25)16-6-2-1-3-7-16/h1-4,6-8,10,17-19,25H,5,9,11-15H2,(H2,36,40)(H,38,42)(H,39,41). The van der Waals surface area contributed by atoms with Gasteiger partial charge in [0.15, 0.2) is 0 Å². The highest BCUT2D eigenvalue weighted by Gasteiger charge is 2.39. The molecule has 0 spiro atoms. The van der Waals surface area contributed by atoms with Crippen LogP contribution in [0.15, 0.2) is 53.5 Å². The van der Waals surface area contributed by atoms with Crippen LogP contribution in [0.5, 0.6) is 5.75 Å². The number of nitrogens with two attached hydrogens (primary N) is 1. The molecule has 3 atom stereocenters. The predicted octanol–water partition coefficient (Wildman–Crippen LogP) is 5.25. The van der Waals surface area contributed by atoms with Crippen molar-refractivity contribution in [2.24, 2.45) is 22.6 Å². The number of primary amides is 1. The van der Waals surface area contributed by atoms with Crippen molar-refractivity contribution in [3.63, 3.8) is 0 Å². The first kappa shape index (κ1) is 31.8. The number of rotatable bonds is 12. The summed E-state index contributed by atoms with van der Waals surface area (Å²) in [6, 6.07) is 13.7. The van der Waals surface area contributed by atoms with Crippen LogP contribution in [0.3, 0.4) is 0 Å². The molecule has 2 aliphatic rings. The Morgan fingerprint density at radius 3 is 2.23 bits per heavy atom. The monoisotopic (exact) mass is 612 g/mol. The van der Waals surface area contributed by atoms with Crippen LogP contribution in [-0.2, 0) is 14.4 Å². The molecule has 1 aliphatic carbocycles. The maximum absolute atomic E-state index is 13.4. The van der Waals surface area contributed by atoms with Crippen molar-refractivity contribution in [2.45, 2.75) is 69.6 Å². The number of benzodiazepines with no additional fused rings is 1. The minimum Gasteiger partial charge on any atom is -0.488 e. The number of hydrogen-bond acceptors (Lipinski definition) is 5. The molecule has 3 amide bonds. The highest BCUT2D eigenvalue weighted by Crippen LogP contribution is 2.37. The Morgan fingerprint density at radius 2 is 1.63 bits per heavy atom. The van der Waals surface area contributed by atoms with E-state index in [0.29, 0.717) is 16.9 Å². The molecule has 232 valence electrons. The molecule has 0 saturated heterocycles. The summed E-state index contributed by atoms with van der Waals surface area (Å²) in [6.45, 7) is 0. The summed E-state index contributed by atoms with van der Waals surface area (Å²) in [5.41, 5.74) is 6.94. The van der Waals surface area contributed by atoms with Gasteiger partial charge >= 0.3 is 12.4 Å². The minimum absolute atomic E-state index is 0.0308. The topological polar surface area (TPSA) is 123 Å². The summed E-state index contributed by atoms with van der Waals surface area (Å²) in [5.74, 6) is -6.28. The average Bonchev–Trinajstić information content (AvgIpc) is 3.75. The van der Waals surface area contributed by atoms with Crippen molar-refractivity contribution < 1.29 is 45.5 Å². The van der Waals surface area contributed by atoms with E-state index < -0.39 is 80.2 Å². The summed E-state index contributed by atoms with van der Waals surface area (Å²) in [5, 5.41) is 5.01. The minimum atomic E-state index is -4.73. The van der Waals surface area contributed by atoms with E-state index in [1.807, 2.05) is 0 Å². The molecule has 0 aromatic heterocycles. The molecule has 1 fully saturated rings. The summed E-state index contributed by atoms with van der Waals surface area (Å²) >= 11 is 0. The number of amides is 3. The van der Waals surface area contributed by atoms with Gasteiger partial charge in [-0.05, 0) is 38.2 Å². The maximum atomic E-state index is 13.4. The summed E-state index contributed by atoms with van der Waals surface area (Å²) in [6.07, 6.45) is -14.3. The Bertz CT molecular complexity index is 1360. The van der Waals surface area contributed by atoms with Crippen molar-refractivity contribution in [3.8, 4) is 5.75 Å². The molecule has 8 nitrogen and oxygen atoms in total. The van der Waals surface area contributed by atoms with E-state index in [1.165, 1.54) is 0 Å². The number of fused-ring (bicyclic) bond motifs is 1. The van der Waals surface area contributed by atoms with E-state index in [9.17, 15) is 40.7 Å². The zero-order chi connectivity index (χ0) is 31.4. The van der Waals surface area contributed by atoms with E-state index in [1.54, 1.807) is 48.5 Å². The quantitative estimate of drug-likeness (QED) is 0.283. The number of nitrogens with zero attached hydrogens (tertiary/aromatic N) is 1. The lowest BCUT2D eigenvalue weighted by Crippen LogP contribution is -2.48.